The van der Waals surface area contributed by atoms with E-state index in [1.165, 1.54) is 5.56 Å². The molecule has 1 aliphatic rings. The number of aryl methyl sites for hydroxylation is 3. The molecule has 26 heavy (non-hydrogen) atoms. The maximum Gasteiger partial charge on any atom is 0.258 e. The number of anilines is 1. The summed E-state index contributed by atoms with van der Waals surface area (Å²) < 4.78 is 5.74. The summed E-state index contributed by atoms with van der Waals surface area (Å²) in [6.45, 7) is 7.90. The third kappa shape index (κ3) is 3.87. The quantitative estimate of drug-likeness (QED) is 0.867. The monoisotopic (exact) mass is 352 g/mol. The second-order valence-corrected chi connectivity index (χ2v) is 6.95. The molecule has 0 aromatic heterocycles. The number of amides is 2. The first-order valence-electron chi connectivity index (χ1n) is 8.76. The average molecular weight is 352 g/mol. The maximum absolute atomic E-state index is 12.3. The van der Waals surface area contributed by atoms with Crippen LogP contribution in [0, 0.1) is 20.8 Å². The Bertz CT molecular complexity index is 851. The summed E-state index contributed by atoms with van der Waals surface area (Å²) in [5.74, 6) is 0.596. The molecule has 0 unspecified atom stereocenters. The number of hydrogen-bond acceptors (Lipinski definition) is 3. The van der Waals surface area contributed by atoms with E-state index >= 15 is 0 Å². The van der Waals surface area contributed by atoms with Crippen molar-refractivity contribution in [2.24, 2.45) is 0 Å². The molecule has 2 amide bonds. The van der Waals surface area contributed by atoms with Gasteiger partial charge in [-0.3, -0.25) is 9.59 Å². The van der Waals surface area contributed by atoms with E-state index in [0.717, 1.165) is 33.7 Å². The predicted octanol–water partition coefficient (Wildman–Crippen LogP) is 3.36. The van der Waals surface area contributed by atoms with Gasteiger partial charge in [-0.15, -0.1) is 0 Å². The van der Waals surface area contributed by atoms with Gasteiger partial charge in [0.05, 0.1) is 12.5 Å². The fourth-order valence-electron chi connectivity index (χ4n) is 3.42. The average Bonchev–Trinajstić information content (AvgIpc) is 2.92. The summed E-state index contributed by atoms with van der Waals surface area (Å²) in [5, 5.41) is 5.76. The van der Waals surface area contributed by atoms with E-state index in [1.807, 2.05) is 58.0 Å². The Hall–Kier alpha value is -2.82. The number of carbonyl (C=O) groups excluding carboxylic acids is 2. The molecule has 0 radical (unpaired) electrons. The van der Waals surface area contributed by atoms with Crippen LogP contribution < -0.4 is 15.4 Å². The van der Waals surface area contributed by atoms with Gasteiger partial charge in [-0.1, -0.05) is 29.8 Å². The van der Waals surface area contributed by atoms with Crippen molar-refractivity contribution in [1.29, 1.82) is 0 Å². The molecule has 3 rings (SSSR count). The van der Waals surface area contributed by atoms with Crippen molar-refractivity contribution in [1.82, 2.24) is 5.32 Å². The minimum Gasteiger partial charge on any atom is -0.483 e. The van der Waals surface area contributed by atoms with Crippen LogP contribution in [0.25, 0.3) is 0 Å². The number of fused-ring (bicyclic) bond motifs is 1. The molecule has 0 saturated carbocycles. The molecule has 0 spiro atoms. The van der Waals surface area contributed by atoms with Crippen LogP contribution in [0.15, 0.2) is 30.3 Å². The second-order valence-electron chi connectivity index (χ2n) is 6.95. The highest BCUT2D eigenvalue weighted by atomic mass is 16.5. The smallest absolute Gasteiger partial charge is 0.258 e. The normalized spacial score (nSPS) is 13.8. The van der Waals surface area contributed by atoms with Crippen molar-refractivity contribution in [3.05, 3.63) is 58.1 Å². The molecule has 2 aromatic carbocycles. The summed E-state index contributed by atoms with van der Waals surface area (Å²) in [6, 6.07) is 9.70. The maximum atomic E-state index is 12.3. The van der Waals surface area contributed by atoms with Gasteiger partial charge in [0.15, 0.2) is 6.61 Å². The number of rotatable bonds is 5. The summed E-state index contributed by atoms with van der Waals surface area (Å²) in [5.41, 5.74) is 6.02. The Kier molecular flexibility index (Phi) is 4.98. The van der Waals surface area contributed by atoms with Gasteiger partial charge in [0.1, 0.15) is 5.75 Å². The van der Waals surface area contributed by atoms with Gasteiger partial charge in [0, 0.05) is 5.69 Å². The summed E-state index contributed by atoms with van der Waals surface area (Å²) in [4.78, 5) is 23.7. The lowest BCUT2D eigenvalue weighted by atomic mass is 10.0. The van der Waals surface area contributed by atoms with Crippen molar-refractivity contribution in [3.8, 4) is 5.75 Å². The van der Waals surface area contributed by atoms with Crippen LogP contribution in [-0.4, -0.2) is 18.4 Å². The van der Waals surface area contributed by atoms with Gasteiger partial charge in [-0.25, -0.2) is 0 Å². The van der Waals surface area contributed by atoms with Crippen LogP contribution in [0.3, 0.4) is 0 Å². The zero-order valence-corrected chi connectivity index (χ0v) is 15.6. The summed E-state index contributed by atoms with van der Waals surface area (Å²) in [7, 11) is 0. The van der Waals surface area contributed by atoms with Gasteiger partial charge in [0.2, 0.25) is 5.91 Å². The molecular weight excluding hydrogens is 328 g/mol. The second kappa shape index (κ2) is 7.20. The fourth-order valence-corrected chi connectivity index (χ4v) is 3.42. The molecule has 0 fully saturated rings. The number of carbonyl (C=O) groups is 2. The molecule has 1 atom stereocenters. The first kappa shape index (κ1) is 18.0. The van der Waals surface area contributed by atoms with Crippen LogP contribution in [0.5, 0.6) is 5.75 Å². The van der Waals surface area contributed by atoms with Crippen molar-refractivity contribution in [2.75, 3.05) is 11.9 Å². The lowest BCUT2D eigenvalue weighted by Crippen LogP contribution is -2.31. The first-order valence-corrected chi connectivity index (χ1v) is 8.76. The van der Waals surface area contributed by atoms with Gasteiger partial charge in [-0.2, -0.15) is 0 Å². The minimum absolute atomic E-state index is 0.00563. The number of ether oxygens (including phenoxy) is 1. The van der Waals surface area contributed by atoms with E-state index in [0.29, 0.717) is 6.42 Å². The molecule has 0 saturated heterocycles. The van der Waals surface area contributed by atoms with Crippen molar-refractivity contribution >= 4 is 17.5 Å². The van der Waals surface area contributed by atoms with E-state index in [4.69, 9.17) is 4.74 Å². The third-order valence-corrected chi connectivity index (χ3v) is 4.58. The highest BCUT2D eigenvalue weighted by Gasteiger charge is 2.19. The molecule has 136 valence electrons. The van der Waals surface area contributed by atoms with Crippen molar-refractivity contribution in [3.63, 3.8) is 0 Å². The Morgan fingerprint density at radius 2 is 1.88 bits per heavy atom. The van der Waals surface area contributed by atoms with E-state index < -0.39 is 0 Å². The van der Waals surface area contributed by atoms with Crippen LogP contribution in [0.4, 0.5) is 5.69 Å². The summed E-state index contributed by atoms with van der Waals surface area (Å²) >= 11 is 0. The molecule has 0 aliphatic carbocycles. The van der Waals surface area contributed by atoms with E-state index in [1.54, 1.807) is 0 Å². The number of nitrogens with one attached hydrogen (secondary N) is 2. The zero-order valence-electron chi connectivity index (χ0n) is 15.6. The lowest BCUT2D eigenvalue weighted by molar-refractivity contribution is -0.123. The van der Waals surface area contributed by atoms with E-state index in [2.05, 4.69) is 10.6 Å². The van der Waals surface area contributed by atoms with Gasteiger partial charge in [-0.05, 0) is 56.0 Å². The Balaban J connectivity index is 1.60. The van der Waals surface area contributed by atoms with Gasteiger partial charge >= 0.3 is 0 Å². The van der Waals surface area contributed by atoms with Crippen LogP contribution in [-0.2, 0) is 16.0 Å². The Morgan fingerprint density at radius 1 is 1.19 bits per heavy atom. The predicted molar refractivity (Wildman–Crippen MR) is 101 cm³/mol. The SMILES string of the molecule is Cc1cc(C)c(OCC(=O)N[C@@H](C)c2ccc3c(c2)CC(=O)N3)c(C)c1. The lowest BCUT2D eigenvalue weighted by Gasteiger charge is -2.17. The number of benzene rings is 2. The standard InChI is InChI=1S/C21H24N2O3/c1-12-7-13(2)21(14(3)8-12)26-11-20(25)22-15(4)16-5-6-18-17(9-16)10-19(24)23-18/h5-9,15H,10-11H2,1-4H3,(H,22,25)(H,23,24)/t15-/m0/s1. The van der Waals surface area contributed by atoms with Crippen LogP contribution in [0.2, 0.25) is 0 Å². The van der Waals surface area contributed by atoms with Crippen LogP contribution in [0.1, 0.15) is 40.8 Å². The highest BCUT2D eigenvalue weighted by Crippen LogP contribution is 2.27. The van der Waals surface area contributed by atoms with Crippen molar-refractivity contribution in [2.45, 2.75) is 40.2 Å². The molecule has 1 aliphatic heterocycles. The van der Waals surface area contributed by atoms with Crippen molar-refractivity contribution < 1.29 is 14.3 Å². The Morgan fingerprint density at radius 3 is 2.58 bits per heavy atom. The molecule has 1 heterocycles. The van der Waals surface area contributed by atoms with Crippen LogP contribution >= 0.6 is 0 Å². The Labute approximate surface area is 153 Å². The topological polar surface area (TPSA) is 67.4 Å². The highest BCUT2D eigenvalue weighted by molar-refractivity contribution is 5.99. The third-order valence-electron chi connectivity index (χ3n) is 4.58. The molecule has 0 bridgehead atoms. The molecular formula is C21H24N2O3. The van der Waals surface area contributed by atoms with E-state index in [-0.39, 0.29) is 24.5 Å². The fraction of sp³-hybridized carbons (Fsp3) is 0.333. The minimum atomic E-state index is -0.174. The molecule has 5 heteroatoms. The zero-order chi connectivity index (χ0) is 18.8. The van der Waals surface area contributed by atoms with Gasteiger partial charge < -0.3 is 15.4 Å². The molecule has 2 N–H and O–H groups in total. The summed E-state index contributed by atoms with van der Waals surface area (Å²) in [6.07, 6.45) is 0.388. The largest absolute Gasteiger partial charge is 0.483 e. The first-order chi connectivity index (χ1) is 12.3. The van der Waals surface area contributed by atoms with Gasteiger partial charge in [0.25, 0.3) is 5.91 Å². The molecule has 5 nitrogen and oxygen atoms in total. The number of hydrogen-bond donors (Lipinski definition) is 2. The van der Waals surface area contributed by atoms with E-state index in [9.17, 15) is 9.59 Å². The molecule has 2 aromatic rings.